The quantitative estimate of drug-likeness (QED) is 0.841. The number of aromatic hydroxyl groups is 1. The third kappa shape index (κ3) is 3.14. The van der Waals surface area contributed by atoms with Crippen molar-refractivity contribution in [1.82, 2.24) is 4.90 Å². The Morgan fingerprint density at radius 3 is 2.58 bits per heavy atom. The maximum atomic E-state index is 12.8. The lowest BCUT2D eigenvalue weighted by atomic mass is 10.0. The van der Waals surface area contributed by atoms with Gasteiger partial charge in [0.2, 0.25) is 5.91 Å². The van der Waals surface area contributed by atoms with E-state index < -0.39 is 5.63 Å². The Bertz CT molecular complexity index is 893. The molecular formula is C19H23NO6. The van der Waals surface area contributed by atoms with Crippen LogP contribution in [-0.4, -0.2) is 48.3 Å². The molecule has 0 spiro atoms. The Labute approximate surface area is 151 Å². The molecule has 1 saturated heterocycles. The second-order valence-corrected chi connectivity index (χ2v) is 6.73. The molecule has 2 aromatic rings. The van der Waals surface area contributed by atoms with E-state index in [2.05, 4.69) is 0 Å². The number of rotatable bonds is 3. The molecule has 0 saturated carbocycles. The molecule has 26 heavy (non-hydrogen) atoms. The molecule has 1 aromatic carbocycles. The minimum Gasteiger partial charge on any atom is -0.504 e. The number of nitrogens with zero attached hydrogens (tertiary/aromatic N) is 1. The number of aryl methyl sites for hydroxylation is 1. The fourth-order valence-corrected chi connectivity index (χ4v) is 3.51. The van der Waals surface area contributed by atoms with Gasteiger partial charge in [0.15, 0.2) is 11.5 Å². The molecule has 1 N–H and O–H groups in total. The number of benzene rings is 1. The predicted molar refractivity (Wildman–Crippen MR) is 95.7 cm³/mol. The van der Waals surface area contributed by atoms with Crippen LogP contribution in [0.3, 0.4) is 0 Å². The van der Waals surface area contributed by atoms with E-state index in [9.17, 15) is 14.7 Å². The fourth-order valence-electron chi connectivity index (χ4n) is 3.51. The molecule has 0 radical (unpaired) electrons. The Morgan fingerprint density at radius 2 is 1.96 bits per heavy atom. The van der Waals surface area contributed by atoms with Crippen LogP contribution in [0.2, 0.25) is 0 Å². The van der Waals surface area contributed by atoms with E-state index in [1.165, 1.54) is 13.2 Å². The zero-order valence-electron chi connectivity index (χ0n) is 15.4. The first-order valence-electron chi connectivity index (χ1n) is 8.55. The molecule has 3 rings (SSSR count). The number of ether oxygens (including phenoxy) is 2. The highest BCUT2D eigenvalue weighted by atomic mass is 16.5. The summed E-state index contributed by atoms with van der Waals surface area (Å²) in [5, 5.41) is 10.5. The summed E-state index contributed by atoms with van der Waals surface area (Å²) in [4.78, 5) is 27.0. The van der Waals surface area contributed by atoms with E-state index in [-0.39, 0.29) is 41.5 Å². The van der Waals surface area contributed by atoms with Gasteiger partial charge in [-0.25, -0.2) is 4.79 Å². The average molecular weight is 361 g/mol. The van der Waals surface area contributed by atoms with Crippen LogP contribution >= 0.6 is 0 Å². The Kier molecular flexibility index (Phi) is 4.91. The van der Waals surface area contributed by atoms with E-state index in [1.807, 2.05) is 13.8 Å². The monoisotopic (exact) mass is 361 g/mol. The Balaban J connectivity index is 2.01. The van der Waals surface area contributed by atoms with Crippen molar-refractivity contribution in [2.45, 2.75) is 39.3 Å². The molecule has 0 unspecified atom stereocenters. The molecule has 140 valence electrons. The number of carbonyl (C=O) groups is 1. The molecule has 1 fully saturated rings. The number of amides is 1. The normalized spacial score (nSPS) is 20.4. The first-order valence-corrected chi connectivity index (χ1v) is 8.55. The minimum absolute atomic E-state index is 0.0397. The zero-order valence-corrected chi connectivity index (χ0v) is 15.4. The maximum absolute atomic E-state index is 12.8. The van der Waals surface area contributed by atoms with Crippen LogP contribution in [0.4, 0.5) is 0 Å². The molecule has 1 aliphatic heterocycles. The summed E-state index contributed by atoms with van der Waals surface area (Å²) in [6.45, 7) is 6.59. The molecule has 1 amide bonds. The number of hydrogen-bond acceptors (Lipinski definition) is 6. The standard InChI is InChI=1S/C19H23NO6/c1-10-8-25-9-11(2)20(10)18(22)6-14-12(3)13-5-17(24-4)15(21)7-16(13)26-19(14)23/h5,7,10-11,21H,6,8-9H2,1-4H3/t10-,11-/m0/s1. The van der Waals surface area contributed by atoms with Crippen LogP contribution in [0.25, 0.3) is 11.0 Å². The van der Waals surface area contributed by atoms with Gasteiger partial charge in [-0.2, -0.15) is 0 Å². The van der Waals surface area contributed by atoms with Crippen molar-refractivity contribution in [3.63, 3.8) is 0 Å². The SMILES string of the molecule is COc1cc2c(C)c(CC(=O)N3[C@@H](C)COC[C@@H]3C)c(=O)oc2cc1O. The molecule has 7 heteroatoms. The lowest BCUT2D eigenvalue weighted by Gasteiger charge is -2.38. The molecule has 0 bridgehead atoms. The highest BCUT2D eigenvalue weighted by molar-refractivity contribution is 5.87. The lowest BCUT2D eigenvalue weighted by molar-refractivity contribution is -0.143. The topological polar surface area (TPSA) is 89.2 Å². The van der Waals surface area contributed by atoms with Crippen LogP contribution in [0.5, 0.6) is 11.5 Å². The van der Waals surface area contributed by atoms with Gasteiger partial charge in [0, 0.05) is 11.5 Å². The third-order valence-corrected chi connectivity index (χ3v) is 4.87. The van der Waals surface area contributed by atoms with Crippen molar-refractivity contribution in [1.29, 1.82) is 0 Å². The van der Waals surface area contributed by atoms with Gasteiger partial charge >= 0.3 is 5.63 Å². The molecule has 2 heterocycles. The first kappa shape index (κ1) is 18.3. The summed E-state index contributed by atoms with van der Waals surface area (Å²) in [6, 6.07) is 2.86. The van der Waals surface area contributed by atoms with Crippen LogP contribution in [0.15, 0.2) is 21.3 Å². The second-order valence-electron chi connectivity index (χ2n) is 6.73. The van der Waals surface area contributed by atoms with E-state index in [1.54, 1.807) is 17.9 Å². The lowest BCUT2D eigenvalue weighted by Crippen LogP contribution is -2.53. The summed E-state index contributed by atoms with van der Waals surface area (Å²) >= 11 is 0. The van der Waals surface area contributed by atoms with Crippen molar-refractivity contribution in [3.8, 4) is 11.5 Å². The summed E-state index contributed by atoms with van der Waals surface area (Å²) in [6.07, 6.45) is -0.0397. The maximum Gasteiger partial charge on any atom is 0.340 e. The number of methoxy groups -OCH3 is 1. The van der Waals surface area contributed by atoms with Gasteiger partial charge in [0.25, 0.3) is 0 Å². The number of morpholine rings is 1. The highest BCUT2D eigenvalue weighted by Gasteiger charge is 2.30. The minimum atomic E-state index is -0.568. The van der Waals surface area contributed by atoms with E-state index in [0.29, 0.717) is 29.7 Å². The van der Waals surface area contributed by atoms with Gasteiger partial charge in [-0.3, -0.25) is 4.79 Å². The van der Waals surface area contributed by atoms with Crippen LogP contribution in [-0.2, 0) is 16.0 Å². The van der Waals surface area contributed by atoms with Crippen LogP contribution < -0.4 is 10.4 Å². The van der Waals surface area contributed by atoms with Crippen molar-refractivity contribution in [2.24, 2.45) is 0 Å². The van der Waals surface area contributed by atoms with Gasteiger partial charge in [0.1, 0.15) is 5.58 Å². The summed E-state index contributed by atoms with van der Waals surface area (Å²) in [7, 11) is 1.45. The van der Waals surface area contributed by atoms with Gasteiger partial charge < -0.3 is 23.9 Å². The number of hydrogen-bond donors (Lipinski definition) is 1. The summed E-state index contributed by atoms with van der Waals surface area (Å²) in [5.41, 5.74) is 0.661. The number of fused-ring (bicyclic) bond motifs is 1. The van der Waals surface area contributed by atoms with Gasteiger partial charge in [-0.15, -0.1) is 0 Å². The molecule has 0 aliphatic carbocycles. The summed E-state index contributed by atoms with van der Waals surface area (Å²) in [5.74, 6) is 0.0401. The number of phenolic OH excluding ortho intramolecular Hbond substituents is 1. The fraction of sp³-hybridized carbons (Fsp3) is 0.474. The molecule has 1 aliphatic rings. The Morgan fingerprint density at radius 1 is 1.31 bits per heavy atom. The highest BCUT2D eigenvalue weighted by Crippen LogP contribution is 2.33. The first-order chi connectivity index (χ1) is 12.3. The van der Waals surface area contributed by atoms with Gasteiger partial charge in [-0.1, -0.05) is 0 Å². The van der Waals surface area contributed by atoms with Crippen molar-refractivity contribution in [3.05, 3.63) is 33.7 Å². The van der Waals surface area contributed by atoms with Crippen molar-refractivity contribution >= 4 is 16.9 Å². The van der Waals surface area contributed by atoms with Crippen LogP contribution in [0.1, 0.15) is 25.0 Å². The second kappa shape index (κ2) is 6.99. The van der Waals surface area contributed by atoms with Crippen LogP contribution in [0, 0.1) is 6.92 Å². The van der Waals surface area contributed by atoms with Gasteiger partial charge in [0.05, 0.1) is 44.4 Å². The third-order valence-electron chi connectivity index (χ3n) is 4.87. The summed E-state index contributed by atoms with van der Waals surface area (Å²) < 4.78 is 15.9. The van der Waals surface area contributed by atoms with E-state index in [0.717, 1.165) is 0 Å². The molecule has 7 nitrogen and oxygen atoms in total. The Hall–Kier alpha value is -2.54. The average Bonchev–Trinajstić information content (AvgIpc) is 2.58. The smallest absolute Gasteiger partial charge is 0.340 e. The molecule has 2 atom stereocenters. The zero-order chi connectivity index (χ0) is 19.0. The van der Waals surface area contributed by atoms with E-state index >= 15 is 0 Å². The molecule has 1 aromatic heterocycles. The predicted octanol–water partition coefficient (Wildman–Crippen LogP) is 1.99. The van der Waals surface area contributed by atoms with Crippen molar-refractivity contribution in [2.75, 3.05) is 20.3 Å². The van der Waals surface area contributed by atoms with Gasteiger partial charge in [-0.05, 0) is 32.4 Å². The number of phenols is 1. The largest absolute Gasteiger partial charge is 0.504 e. The molecular weight excluding hydrogens is 338 g/mol. The number of carbonyl (C=O) groups excluding carboxylic acids is 1. The van der Waals surface area contributed by atoms with Crippen molar-refractivity contribution < 1.29 is 23.8 Å². The van der Waals surface area contributed by atoms with E-state index in [4.69, 9.17) is 13.9 Å².